The zero-order chi connectivity index (χ0) is 19.7. The lowest BCUT2D eigenvalue weighted by Crippen LogP contribution is -2.33. The predicted octanol–water partition coefficient (Wildman–Crippen LogP) is 4.32. The lowest BCUT2D eigenvalue weighted by atomic mass is 10.0. The van der Waals surface area contributed by atoms with Crippen LogP contribution in [-0.4, -0.2) is 24.3 Å². The zero-order valence-corrected chi connectivity index (χ0v) is 15.2. The van der Waals surface area contributed by atoms with Gasteiger partial charge in [-0.2, -0.15) is 17.5 Å². The highest BCUT2D eigenvalue weighted by molar-refractivity contribution is 7.89. The van der Waals surface area contributed by atoms with Crippen molar-refractivity contribution in [2.24, 2.45) is 0 Å². The van der Waals surface area contributed by atoms with Crippen LogP contribution in [0, 0.1) is 12.7 Å². The van der Waals surface area contributed by atoms with Gasteiger partial charge < -0.3 is 0 Å². The van der Waals surface area contributed by atoms with E-state index < -0.39 is 33.6 Å². The summed E-state index contributed by atoms with van der Waals surface area (Å²) in [5.41, 5.74) is -0.360. The zero-order valence-electron chi connectivity index (χ0n) is 14.4. The minimum Gasteiger partial charge on any atom is -0.260 e. The van der Waals surface area contributed by atoms with Gasteiger partial charge in [0.1, 0.15) is 10.7 Å². The molecule has 1 aromatic carbocycles. The molecular formula is C17H18F4N2O2S. The third-order valence-corrected chi connectivity index (χ3v) is 6.08. The van der Waals surface area contributed by atoms with E-state index in [-0.39, 0.29) is 17.0 Å². The second-order valence-corrected chi connectivity index (χ2v) is 7.69. The van der Waals surface area contributed by atoms with Gasteiger partial charge in [-0.05, 0) is 37.1 Å². The van der Waals surface area contributed by atoms with Crippen LogP contribution in [0.25, 0.3) is 0 Å². The van der Waals surface area contributed by atoms with E-state index in [2.05, 4.69) is 4.98 Å². The number of aryl methyl sites for hydroxylation is 1. The Kier molecular flexibility index (Phi) is 5.72. The lowest BCUT2D eigenvalue weighted by molar-refractivity contribution is -0.138. The van der Waals surface area contributed by atoms with Gasteiger partial charge in [0.2, 0.25) is 10.0 Å². The Balaban J connectivity index is 2.43. The van der Waals surface area contributed by atoms with Crippen LogP contribution in [0.15, 0.2) is 41.6 Å². The maximum atomic E-state index is 13.3. The lowest BCUT2D eigenvalue weighted by Gasteiger charge is -2.28. The van der Waals surface area contributed by atoms with Crippen molar-refractivity contribution in [1.82, 2.24) is 9.29 Å². The summed E-state index contributed by atoms with van der Waals surface area (Å²) < 4.78 is 78.7. The van der Waals surface area contributed by atoms with Crippen LogP contribution in [0.4, 0.5) is 17.6 Å². The van der Waals surface area contributed by atoms with E-state index in [0.717, 1.165) is 28.8 Å². The summed E-state index contributed by atoms with van der Waals surface area (Å²) in [6.07, 6.45) is -2.56. The van der Waals surface area contributed by atoms with Gasteiger partial charge in [0.15, 0.2) is 0 Å². The van der Waals surface area contributed by atoms with E-state index in [4.69, 9.17) is 0 Å². The summed E-state index contributed by atoms with van der Waals surface area (Å²) in [5, 5.41) is 0. The molecule has 0 radical (unpaired) electrons. The molecule has 2 rings (SSSR count). The van der Waals surface area contributed by atoms with Gasteiger partial charge >= 0.3 is 6.18 Å². The molecule has 0 amide bonds. The second kappa shape index (κ2) is 7.32. The Hall–Kier alpha value is -2.00. The van der Waals surface area contributed by atoms with Gasteiger partial charge in [0, 0.05) is 18.8 Å². The van der Waals surface area contributed by atoms with E-state index in [0.29, 0.717) is 5.56 Å². The first-order valence-electron chi connectivity index (χ1n) is 7.78. The number of halogens is 4. The van der Waals surface area contributed by atoms with Crippen molar-refractivity contribution in [3.63, 3.8) is 0 Å². The number of pyridine rings is 1. The molecule has 2 aromatic rings. The fraction of sp³-hybridized carbons (Fsp3) is 0.353. The molecular weight excluding hydrogens is 372 g/mol. The fourth-order valence-electron chi connectivity index (χ4n) is 2.75. The van der Waals surface area contributed by atoms with Gasteiger partial charge in [0.05, 0.1) is 11.8 Å². The van der Waals surface area contributed by atoms with E-state index in [1.165, 1.54) is 19.1 Å². The van der Waals surface area contributed by atoms with Gasteiger partial charge in [-0.25, -0.2) is 12.8 Å². The molecule has 0 saturated carbocycles. The summed E-state index contributed by atoms with van der Waals surface area (Å²) in [4.78, 5) is 3.24. The number of aromatic nitrogens is 1. The van der Waals surface area contributed by atoms with Crippen LogP contribution < -0.4 is 0 Å². The molecule has 0 aliphatic carbocycles. The van der Waals surface area contributed by atoms with Crippen molar-refractivity contribution in [2.45, 2.75) is 37.9 Å². The maximum absolute atomic E-state index is 13.3. The molecule has 0 saturated heterocycles. The Morgan fingerprint density at radius 3 is 2.35 bits per heavy atom. The number of hydrogen-bond donors (Lipinski definition) is 0. The average molecular weight is 390 g/mol. The van der Waals surface area contributed by atoms with Gasteiger partial charge in [-0.15, -0.1) is 0 Å². The van der Waals surface area contributed by atoms with Crippen molar-refractivity contribution in [3.8, 4) is 0 Å². The number of benzene rings is 1. The van der Waals surface area contributed by atoms with Crippen LogP contribution in [0.1, 0.15) is 36.6 Å². The highest BCUT2D eigenvalue weighted by Crippen LogP contribution is 2.34. The summed E-state index contributed by atoms with van der Waals surface area (Å²) >= 11 is 0. The Bertz CT molecular complexity index is 898. The van der Waals surface area contributed by atoms with Crippen LogP contribution in [0.3, 0.4) is 0 Å². The van der Waals surface area contributed by atoms with E-state index in [1.807, 2.05) is 0 Å². The highest BCUT2D eigenvalue weighted by atomic mass is 32.2. The molecule has 142 valence electrons. The topological polar surface area (TPSA) is 50.3 Å². The summed E-state index contributed by atoms with van der Waals surface area (Å²) in [6.45, 7) is 4.54. The molecule has 0 aliphatic heterocycles. The summed E-state index contributed by atoms with van der Waals surface area (Å²) in [6, 6.07) is 3.62. The number of sulfonamides is 1. The largest absolute Gasteiger partial charge is 0.416 e. The molecule has 0 unspecified atom stereocenters. The molecule has 1 atom stereocenters. The quantitative estimate of drug-likeness (QED) is 0.715. The average Bonchev–Trinajstić information content (AvgIpc) is 2.53. The van der Waals surface area contributed by atoms with Crippen molar-refractivity contribution in [3.05, 3.63) is 59.2 Å². The molecule has 1 heterocycles. The Morgan fingerprint density at radius 2 is 1.85 bits per heavy atom. The summed E-state index contributed by atoms with van der Waals surface area (Å²) in [5.74, 6) is -0.792. The Morgan fingerprint density at radius 1 is 1.19 bits per heavy atom. The van der Waals surface area contributed by atoms with E-state index in [1.54, 1.807) is 13.8 Å². The van der Waals surface area contributed by atoms with Crippen molar-refractivity contribution in [1.29, 1.82) is 0 Å². The molecule has 0 fully saturated rings. The van der Waals surface area contributed by atoms with Crippen molar-refractivity contribution >= 4 is 10.0 Å². The number of nitrogens with zero attached hydrogens (tertiary/aromatic N) is 2. The Labute approximate surface area is 149 Å². The molecule has 26 heavy (non-hydrogen) atoms. The minimum atomic E-state index is -4.48. The molecule has 0 aliphatic rings. The van der Waals surface area contributed by atoms with E-state index in [9.17, 15) is 26.0 Å². The predicted molar refractivity (Wildman–Crippen MR) is 88.4 cm³/mol. The fourth-order valence-corrected chi connectivity index (χ4v) is 4.36. The first kappa shape index (κ1) is 20.3. The van der Waals surface area contributed by atoms with Crippen LogP contribution in [-0.2, 0) is 16.2 Å². The van der Waals surface area contributed by atoms with Crippen molar-refractivity contribution < 1.29 is 26.0 Å². The van der Waals surface area contributed by atoms with Gasteiger partial charge in [0.25, 0.3) is 0 Å². The SMILES string of the molecule is CCN([C@@H](C)c1ccc(C(F)(F)F)c(C)c1)S(=O)(=O)c1cncc(F)c1. The molecule has 0 spiro atoms. The van der Waals surface area contributed by atoms with Crippen LogP contribution in [0.5, 0.6) is 0 Å². The maximum Gasteiger partial charge on any atom is 0.416 e. The molecule has 1 aromatic heterocycles. The van der Waals surface area contributed by atoms with Gasteiger partial charge in [-0.3, -0.25) is 4.98 Å². The first-order chi connectivity index (χ1) is 12.0. The first-order valence-corrected chi connectivity index (χ1v) is 9.22. The second-order valence-electron chi connectivity index (χ2n) is 5.80. The van der Waals surface area contributed by atoms with Gasteiger partial charge in [-0.1, -0.05) is 19.1 Å². The third-order valence-electron chi connectivity index (χ3n) is 4.07. The number of rotatable bonds is 5. The number of alkyl halides is 3. The molecule has 9 heteroatoms. The third kappa shape index (κ3) is 4.04. The normalized spacial score (nSPS) is 13.8. The van der Waals surface area contributed by atoms with E-state index >= 15 is 0 Å². The monoisotopic (exact) mass is 390 g/mol. The molecule has 0 N–H and O–H groups in total. The highest BCUT2D eigenvalue weighted by Gasteiger charge is 2.34. The summed E-state index contributed by atoms with van der Waals surface area (Å²) in [7, 11) is -4.06. The minimum absolute atomic E-state index is 0.00252. The number of hydrogen-bond acceptors (Lipinski definition) is 3. The standard InChI is InChI=1S/C17H18F4N2O2S/c1-4-23(26(24,25)15-8-14(18)9-22-10-15)12(3)13-5-6-16(11(2)7-13)17(19,20)21/h5-10,12H,4H2,1-3H3/t12-/m0/s1. The molecule has 4 nitrogen and oxygen atoms in total. The molecule has 0 bridgehead atoms. The van der Waals surface area contributed by atoms with Crippen LogP contribution in [0.2, 0.25) is 0 Å². The van der Waals surface area contributed by atoms with Crippen molar-refractivity contribution in [2.75, 3.05) is 6.54 Å². The van der Waals surface area contributed by atoms with Crippen LogP contribution >= 0.6 is 0 Å². The smallest absolute Gasteiger partial charge is 0.260 e.